The van der Waals surface area contributed by atoms with Crippen molar-refractivity contribution < 1.29 is 8.83 Å². The molecule has 9 aromatic carbocycles. The Bertz CT molecular complexity index is 4310. The molecular weight excluding hydrogens is 876 g/mol. The highest BCUT2D eigenvalue weighted by atomic mass is 16.3. The van der Waals surface area contributed by atoms with Crippen LogP contribution < -0.4 is 15.7 Å². The minimum absolute atomic E-state index is 0.000331. The SMILES string of the molecule is CC(C)(C)c1ccc(N2B3c4cc5oc(-c6ccccc6)c(-c6ccccc6)c5cc4-n4c5cc6c(cc5c5ccc(c3c54)-c3cc4c(cc32)C(C)(C)c2cc(C(C)(C)C)ccc2-4)oc2ccccc26)cc1. The number of hydrogen-bond acceptors (Lipinski definition) is 3. The van der Waals surface area contributed by atoms with E-state index in [4.69, 9.17) is 8.83 Å². The van der Waals surface area contributed by atoms with E-state index in [2.05, 4.69) is 241 Å². The number of nitrogens with zero attached hydrogens (tertiary/aromatic N) is 2. The molecule has 0 radical (unpaired) electrons. The number of furan rings is 2. The van der Waals surface area contributed by atoms with E-state index in [1.807, 2.05) is 0 Å². The van der Waals surface area contributed by atoms with Crippen molar-refractivity contribution in [2.75, 3.05) is 4.81 Å². The maximum absolute atomic E-state index is 7.25. The molecule has 3 aliphatic rings. The molecule has 0 saturated carbocycles. The second-order valence-electron chi connectivity index (χ2n) is 23.3. The molecule has 5 heteroatoms. The monoisotopic (exact) mass is 928 g/mol. The second kappa shape index (κ2) is 14.1. The van der Waals surface area contributed by atoms with Crippen LogP contribution in [0.4, 0.5) is 11.4 Å². The molecular formula is C67H53BN2O2. The third-order valence-corrected chi connectivity index (χ3v) is 16.7. The molecule has 0 bridgehead atoms. The lowest BCUT2D eigenvalue weighted by Crippen LogP contribution is -2.60. The smallest absolute Gasteiger partial charge is 0.333 e. The Morgan fingerprint density at radius 3 is 1.88 bits per heavy atom. The third-order valence-electron chi connectivity index (χ3n) is 16.7. The summed E-state index contributed by atoms with van der Waals surface area (Å²) in [6, 6.07) is 65.9. The van der Waals surface area contributed by atoms with Crippen LogP contribution in [-0.2, 0) is 16.2 Å². The number of rotatable bonds is 3. The molecule has 72 heavy (non-hydrogen) atoms. The summed E-state index contributed by atoms with van der Waals surface area (Å²) in [4.78, 5) is 2.67. The van der Waals surface area contributed by atoms with Gasteiger partial charge in [-0.25, -0.2) is 0 Å². The van der Waals surface area contributed by atoms with Gasteiger partial charge in [-0.15, -0.1) is 0 Å². The van der Waals surface area contributed by atoms with Crippen molar-refractivity contribution in [1.82, 2.24) is 4.57 Å². The van der Waals surface area contributed by atoms with E-state index in [1.54, 1.807) is 0 Å². The maximum atomic E-state index is 7.25. The summed E-state index contributed by atoms with van der Waals surface area (Å²) >= 11 is 0. The van der Waals surface area contributed by atoms with E-state index in [1.165, 1.54) is 77.4 Å². The standard InChI is InChI=1S/C67H53BN2O2/c1-65(2,3)40-23-26-42(27-24-40)70-56-36-53-47(43-28-25-41(66(4,5)6)31-52(43)67(53,7)8)32-48(56)45-29-30-46-49-35-59-50(44-21-15-16-22-58(44)71-59)33-55(49)69-57-34-51-60(37-54(57)68(70)62(45)63(46)69)72-64(39-19-13-10-14-20-39)61(51)38-17-11-9-12-18-38/h9-37H,1-8H3. The van der Waals surface area contributed by atoms with Gasteiger partial charge in [0.2, 0.25) is 0 Å². The first-order valence-corrected chi connectivity index (χ1v) is 25.6. The van der Waals surface area contributed by atoms with Crippen LogP contribution >= 0.6 is 0 Å². The summed E-state index contributed by atoms with van der Waals surface area (Å²) in [7, 11) is 0. The Kier molecular flexibility index (Phi) is 8.18. The maximum Gasteiger partial charge on any atom is 0.333 e. The van der Waals surface area contributed by atoms with Gasteiger partial charge in [0, 0.05) is 66.1 Å². The fourth-order valence-corrected chi connectivity index (χ4v) is 13.0. The highest BCUT2D eigenvalue weighted by Crippen LogP contribution is 2.55. The topological polar surface area (TPSA) is 34.5 Å². The fraction of sp³-hybridized carbons (Fsp3) is 0.164. The number of anilines is 2. The first-order valence-electron chi connectivity index (χ1n) is 25.6. The molecule has 1 aliphatic carbocycles. The molecule has 0 atom stereocenters. The van der Waals surface area contributed by atoms with Crippen molar-refractivity contribution in [1.29, 1.82) is 0 Å². The van der Waals surface area contributed by atoms with E-state index in [0.29, 0.717) is 0 Å². The van der Waals surface area contributed by atoms with Crippen LogP contribution in [-0.4, -0.2) is 11.4 Å². The zero-order chi connectivity index (χ0) is 48.7. The predicted molar refractivity (Wildman–Crippen MR) is 303 cm³/mol. The molecule has 0 amide bonds. The van der Waals surface area contributed by atoms with Crippen molar-refractivity contribution >= 4 is 83.9 Å². The Balaban J connectivity index is 1.09. The number of aromatic nitrogens is 1. The highest BCUT2D eigenvalue weighted by molar-refractivity contribution is 6.94. The summed E-state index contributed by atoms with van der Waals surface area (Å²) in [5.74, 6) is 0.877. The van der Waals surface area contributed by atoms with Gasteiger partial charge in [-0.1, -0.05) is 177 Å². The number of fused-ring (bicyclic) bond motifs is 15. The van der Waals surface area contributed by atoms with Gasteiger partial charge < -0.3 is 18.2 Å². The summed E-state index contributed by atoms with van der Waals surface area (Å²) in [5.41, 5.74) is 24.9. The summed E-state index contributed by atoms with van der Waals surface area (Å²) in [6.45, 7) is 18.5. The van der Waals surface area contributed by atoms with Crippen molar-refractivity contribution in [3.05, 3.63) is 198 Å². The van der Waals surface area contributed by atoms with Crippen LogP contribution in [0, 0.1) is 0 Å². The fourth-order valence-electron chi connectivity index (χ4n) is 13.0. The van der Waals surface area contributed by atoms with Crippen LogP contribution in [0.25, 0.3) is 105 Å². The lowest BCUT2D eigenvalue weighted by atomic mass is 9.44. The number of benzene rings is 9. The van der Waals surface area contributed by atoms with Gasteiger partial charge in [-0.3, -0.25) is 0 Å². The lowest BCUT2D eigenvalue weighted by molar-refractivity contribution is 0.584. The van der Waals surface area contributed by atoms with Crippen LogP contribution in [0.5, 0.6) is 0 Å². The number of para-hydroxylation sites is 1. The minimum Gasteiger partial charge on any atom is -0.456 e. The molecule has 0 spiro atoms. The quantitative estimate of drug-likeness (QED) is 0.166. The predicted octanol–water partition coefficient (Wildman–Crippen LogP) is 16.9. The van der Waals surface area contributed by atoms with Crippen molar-refractivity contribution in [2.24, 2.45) is 0 Å². The molecule has 0 N–H and O–H groups in total. The molecule has 346 valence electrons. The summed E-state index contributed by atoms with van der Waals surface area (Å²) < 4.78 is 16.5. The van der Waals surface area contributed by atoms with Gasteiger partial charge in [0.15, 0.2) is 0 Å². The van der Waals surface area contributed by atoms with Gasteiger partial charge in [-0.05, 0) is 121 Å². The molecule has 0 fully saturated rings. The largest absolute Gasteiger partial charge is 0.456 e. The van der Waals surface area contributed by atoms with Crippen LogP contribution in [0.3, 0.4) is 0 Å². The molecule has 12 aromatic rings. The van der Waals surface area contributed by atoms with Gasteiger partial charge in [0.1, 0.15) is 22.5 Å². The van der Waals surface area contributed by atoms with Crippen molar-refractivity contribution in [3.63, 3.8) is 0 Å². The molecule has 5 heterocycles. The minimum atomic E-state index is -0.215. The van der Waals surface area contributed by atoms with E-state index in [0.717, 1.165) is 72.2 Å². The normalized spacial score (nSPS) is 14.4. The van der Waals surface area contributed by atoms with Gasteiger partial charge in [-0.2, -0.15) is 0 Å². The van der Waals surface area contributed by atoms with Crippen LogP contribution in [0.2, 0.25) is 0 Å². The van der Waals surface area contributed by atoms with E-state index in [-0.39, 0.29) is 23.1 Å². The van der Waals surface area contributed by atoms with E-state index in [9.17, 15) is 0 Å². The van der Waals surface area contributed by atoms with Crippen molar-refractivity contribution in [2.45, 2.75) is 71.6 Å². The lowest BCUT2D eigenvalue weighted by Gasteiger charge is -2.42. The molecule has 3 aromatic heterocycles. The molecule has 4 nitrogen and oxygen atoms in total. The summed E-state index contributed by atoms with van der Waals surface area (Å²) in [6.07, 6.45) is 0. The first-order chi connectivity index (χ1) is 34.7. The van der Waals surface area contributed by atoms with Gasteiger partial charge in [0.05, 0.1) is 11.0 Å². The Morgan fingerprint density at radius 2 is 1.12 bits per heavy atom. The molecule has 0 saturated heterocycles. The zero-order valence-corrected chi connectivity index (χ0v) is 42.0. The summed E-state index contributed by atoms with van der Waals surface area (Å²) in [5, 5.41) is 5.73. The highest BCUT2D eigenvalue weighted by Gasteiger charge is 2.47. The second-order valence-corrected chi connectivity index (χ2v) is 23.3. The molecule has 0 unspecified atom stereocenters. The Labute approximate surface area is 420 Å². The first kappa shape index (κ1) is 41.7. The van der Waals surface area contributed by atoms with Crippen LogP contribution in [0.1, 0.15) is 77.6 Å². The van der Waals surface area contributed by atoms with Gasteiger partial charge in [0.25, 0.3) is 0 Å². The Hall–Kier alpha value is -8.02. The average molecular weight is 929 g/mol. The third kappa shape index (κ3) is 5.60. The van der Waals surface area contributed by atoms with Crippen molar-refractivity contribution in [3.8, 4) is 50.4 Å². The zero-order valence-electron chi connectivity index (χ0n) is 42.0. The average Bonchev–Trinajstić information content (AvgIpc) is 4.10. The van der Waals surface area contributed by atoms with E-state index >= 15 is 0 Å². The Morgan fingerprint density at radius 1 is 0.458 bits per heavy atom. The van der Waals surface area contributed by atoms with E-state index < -0.39 is 0 Å². The molecule has 2 aliphatic heterocycles. The van der Waals surface area contributed by atoms with Crippen LogP contribution in [0.15, 0.2) is 185 Å². The molecule has 15 rings (SSSR count). The number of hydrogen-bond donors (Lipinski definition) is 0. The van der Waals surface area contributed by atoms with Gasteiger partial charge >= 0.3 is 6.85 Å².